The third-order valence-corrected chi connectivity index (χ3v) is 5.09. The standard InChI is InChI=1S/C17H27NO2S/c1-20-11-10-18(13-16-9-12-21-14-16)17(19)8-7-15-5-3-2-4-6-15/h9,12,14-15H,2-8,10-11,13H2,1H3. The Morgan fingerprint density at radius 2 is 2.19 bits per heavy atom. The molecule has 0 atom stereocenters. The zero-order chi connectivity index (χ0) is 14.9. The molecule has 1 aliphatic carbocycles. The van der Waals surface area contributed by atoms with E-state index in [2.05, 4.69) is 16.8 Å². The fourth-order valence-electron chi connectivity index (χ4n) is 3.06. The quantitative estimate of drug-likeness (QED) is 0.724. The van der Waals surface area contributed by atoms with Crippen molar-refractivity contribution in [3.8, 4) is 0 Å². The van der Waals surface area contributed by atoms with Crippen molar-refractivity contribution in [1.82, 2.24) is 4.90 Å². The Balaban J connectivity index is 1.81. The van der Waals surface area contributed by atoms with Crippen LogP contribution in [0.1, 0.15) is 50.5 Å². The van der Waals surface area contributed by atoms with E-state index in [0.29, 0.717) is 19.6 Å². The Kier molecular flexibility index (Phi) is 7.24. The summed E-state index contributed by atoms with van der Waals surface area (Å²) in [7, 11) is 1.69. The van der Waals surface area contributed by atoms with Crippen LogP contribution in [0.25, 0.3) is 0 Å². The van der Waals surface area contributed by atoms with Crippen LogP contribution in [0.5, 0.6) is 0 Å². The van der Waals surface area contributed by atoms with Gasteiger partial charge in [0.2, 0.25) is 5.91 Å². The lowest BCUT2D eigenvalue weighted by Crippen LogP contribution is -2.33. The molecule has 118 valence electrons. The molecule has 1 aliphatic rings. The number of hydrogen-bond donors (Lipinski definition) is 0. The lowest BCUT2D eigenvalue weighted by Gasteiger charge is -2.25. The largest absolute Gasteiger partial charge is 0.383 e. The van der Waals surface area contributed by atoms with Gasteiger partial charge in [-0.15, -0.1) is 0 Å². The molecule has 0 aliphatic heterocycles. The van der Waals surface area contributed by atoms with Gasteiger partial charge < -0.3 is 9.64 Å². The highest BCUT2D eigenvalue weighted by Crippen LogP contribution is 2.27. The summed E-state index contributed by atoms with van der Waals surface area (Å²) in [5.74, 6) is 1.05. The first kappa shape index (κ1) is 16.5. The highest BCUT2D eigenvalue weighted by Gasteiger charge is 2.18. The number of methoxy groups -OCH3 is 1. The summed E-state index contributed by atoms with van der Waals surface area (Å²) in [4.78, 5) is 14.4. The molecule has 0 unspecified atom stereocenters. The average Bonchev–Trinajstić information content (AvgIpc) is 3.03. The first-order chi connectivity index (χ1) is 10.3. The van der Waals surface area contributed by atoms with Gasteiger partial charge in [-0.25, -0.2) is 0 Å². The number of rotatable bonds is 8. The predicted molar refractivity (Wildman–Crippen MR) is 87.4 cm³/mol. The molecule has 0 bridgehead atoms. The van der Waals surface area contributed by atoms with Crippen molar-refractivity contribution in [3.63, 3.8) is 0 Å². The molecule has 0 N–H and O–H groups in total. The Bertz CT molecular complexity index is 399. The van der Waals surface area contributed by atoms with Crippen LogP contribution in [0.2, 0.25) is 0 Å². The molecule has 0 spiro atoms. The van der Waals surface area contributed by atoms with E-state index in [1.54, 1.807) is 18.4 Å². The van der Waals surface area contributed by atoms with Crippen molar-refractivity contribution in [3.05, 3.63) is 22.4 Å². The second-order valence-corrected chi connectivity index (χ2v) is 6.76. The van der Waals surface area contributed by atoms with Crippen LogP contribution in [0.3, 0.4) is 0 Å². The van der Waals surface area contributed by atoms with Gasteiger partial charge in [-0.1, -0.05) is 32.1 Å². The van der Waals surface area contributed by atoms with Gasteiger partial charge in [-0.05, 0) is 34.7 Å². The van der Waals surface area contributed by atoms with Crippen LogP contribution in [-0.4, -0.2) is 31.1 Å². The number of hydrogen-bond acceptors (Lipinski definition) is 3. The zero-order valence-electron chi connectivity index (χ0n) is 13.1. The summed E-state index contributed by atoms with van der Waals surface area (Å²) in [6.07, 6.45) is 8.46. The number of amides is 1. The van der Waals surface area contributed by atoms with Gasteiger partial charge in [0, 0.05) is 26.6 Å². The fourth-order valence-corrected chi connectivity index (χ4v) is 3.72. The summed E-state index contributed by atoms with van der Waals surface area (Å²) < 4.78 is 5.14. The Morgan fingerprint density at radius 3 is 2.86 bits per heavy atom. The number of carbonyl (C=O) groups excluding carboxylic acids is 1. The van der Waals surface area contributed by atoms with E-state index in [0.717, 1.165) is 18.9 Å². The van der Waals surface area contributed by atoms with Gasteiger partial charge in [0.05, 0.1) is 6.61 Å². The van der Waals surface area contributed by atoms with Gasteiger partial charge in [0.25, 0.3) is 0 Å². The van der Waals surface area contributed by atoms with Crippen molar-refractivity contribution in [1.29, 1.82) is 0 Å². The summed E-state index contributed by atoms with van der Waals surface area (Å²) in [5.41, 5.74) is 1.22. The molecular formula is C17H27NO2S. The molecule has 1 heterocycles. The van der Waals surface area contributed by atoms with Crippen molar-refractivity contribution < 1.29 is 9.53 Å². The molecule has 3 nitrogen and oxygen atoms in total. The molecule has 0 saturated heterocycles. The Labute approximate surface area is 132 Å². The molecule has 21 heavy (non-hydrogen) atoms. The minimum atomic E-state index is 0.281. The van der Waals surface area contributed by atoms with E-state index in [-0.39, 0.29) is 5.91 Å². The van der Waals surface area contributed by atoms with Gasteiger partial charge in [-0.3, -0.25) is 4.79 Å². The molecule has 4 heteroatoms. The van der Waals surface area contributed by atoms with Crippen molar-refractivity contribution in [2.75, 3.05) is 20.3 Å². The third-order valence-electron chi connectivity index (χ3n) is 4.36. The summed E-state index contributed by atoms with van der Waals surface area (Å²) >= 11 is 1.68. The van der Waals surface area contributed by atoms with Crippen LogP contribution >= 0.6 is 11.3 Å². The maximum absolute atomic E-state index is 12.5. The smallest absolute Gasteiger partial charge is 0.222 e. The molecule has 0 aromatic carbocycles. The maximum atomic E-state index is 12.5. The molecule has 2 rings (SSSR count). The van der Waals surface area contributed by atoms with E-state index in [1.165, 1.54) is 37.7 Å². The van der Waals surface area contributed by atoms with E-state index >= 15 is 0 Å². The minimum Gasteiger partial charge on any atom is -0.383 e. The topological polar surface area (TPSA) is 29.5 Å². The molecule has 1 saturated carbocycles. The number of thiophene rings is 1. The molecule has 1 aromatic rings. The molecule has 1 amide bonds. The van der Waals surface area contributed by atoms with Crippen LogP contribution in [0.4, 0.5) is 0 Å². The monoisotopic (exact) mass is 309 g/mol. The van der Waals surface area contributed by atoms with Crippen LogP contribution < -0.4 is 0 Å². The van der Waals surface area contributed by atoms with E-state index < -0.39 is 0 Å². The predicted octanol–water partition coefficient (Wildman–Crippen LogP) is 4.08. The highest BCUT2D eigenvalue weighted by molar-refractivity contribution is 7.07. The van der Waals surface area contributed by atoms with Crippen molar-refractivity contribution >= 4 is 17.2 Å². The summed E-state index contributed by atoms with van der Waals surface area (Å²) in [5, 5.41) is 4.19. The van der Waals surface area contributed by atoms with Crippen molar-refractivity contribution in [2.45, 2.75) is 51.5 Å². The number of carbonyl (C=O) groups is 1. The Hall–Kier alpha value is -0.870. The highest BCUT2D eigenvalue weighted by atomic mass is 32.1. The zero-order valence-corrected chi connectivity index (χ0v) is 13.9. The van der Waals surface area contributed by atoms with E-state index in [4.69, 9.17) is 4.74 Å². The van der Waals surface area contributed by atoms with E-state index in [9.17, 15) is 4.79 Å². The van der Waals surface area contributed by atoms with Gasteiger partial charge >= 0.3 is 0 Å². The van der Waals surface area contributed by atoms with Crippen LogP contribution in [0.15, 0.2) is 16.8 Å². The van der Waals surface area contributed by atoms with Crippen molar-refractivity contribution in [2.24, 2.45) is 5.92 Å². The lowest BCUT2D eigenvalue weighted by atomic mass is 9.86. The third kappa shape index (κ3) is 5.79. The minimum absolute atomic E-state index is 0.281. The summed E-state index contributed by atoms with van der Waals surface area (Å²) in [6, 6.07) is 2.10. The van der Waals surface area contributed by atoms with Crippen LogP contribution in [0, 0.1) is 5.92 Å². The lowest BCUT2D eigenvalue weighted by molar-refractivity contribution is -0.132. The number of nitrogens with zero attached hydrogens (tertiary/aromatic N) is 1. The van der Waals surface area contributed by atoms with Gasteiger partial charge in [-0.2, -0.15) is 11.3 Å². The normalized spacial score (nSPS) is 16.0. The van der Waals surface area contributed by atoms with Gasteiger partial charge in [0.1, 0.15) is 0 Å². The average molecular weight is 309 g/mol. The number of ether oxygens (including phenoxy) is 1. The molecule has 1 aromatic heterocycles. The van der Waals surface area contributed by atoms with Crippen LogP contribution in [-0.2, 0) is 16.1 Å². The SMILES string of the molecule is COCCN(Cc1ccsc1)C(=O)CCC1CCCCC1. The molecule has 1 fully saturated rings. The first-order valence-electron chi connectivity index (χ1n) is 8.07. The Morgan fingerprint density at radius 1 is 1.38 bits per heavy atom. The first-order valence-corrected chi connectivity index (χ1v) is 9.01. The second kappa shape index (κ2) is 9.21. The maximum Gasteiger partial charge on any atom is 0.222 e. The van der Waals surface area contributed by atoms with Gasteiger partial charge in [0.15, 0.2) is 0 Å². The molecule has 0 radical (unpaired) electrons. The van der Waals surface area contributed by atoms with E-state index in [1.807, 2.05) is 4.90 Å². The fraction of sp³-hybridized carbons (Fsp3) is 0.706. The summed E-state index contributed by atoms with van der Waals surface area (Å²) in [6.45, 7) is 2.02. The molecular weight excluding hydrogens is 282 g/mol. The second-order valence-electron chi connectivity index (χ2n) is 5.98.